The minimum Gasteiger partial charge on any atom is -0.351 e. The minimum atomic E-state index is -0.319. The molecule has 0 fully saturated rings. The Morgan fingerprint density at radius 1 is 1.30 bits per heavy atom. The summed E-state index contributed by atoms with van der Waals surface area (Å²) in [6.45, 7) is 1.76. The van der Waals surface area contributed by atoms with Crippen LogP contribution in [0.25, 0.3) is 5.69 Å². The summed E-state index contributed by atoms with van der Waals surface area (Å²) in [5, 5.41) is 6.43. The standard InChI is InChI=1S/C14H12N4O2/c1-10-8-13(20-17-10)14(19)16-11-2-4-12(5-3-11)18-7-6-15-9-18/h2-9H,1H3,(H,16,19). The lowest BCUT2D eigenvalue weighted by molar-refractivity contribution is 0.0988. The van der Waals surface area contributed by atoms with Gasteiger partial charge < -0.3 is 14.4 Å². The second-order valence-electron chi connectivity index (χ2n) is 4.30. The second kappa shape index (κ2) is 5.00. The highest BCUT2D eigenvalue weighted by atomic mass is 16.5. The highest BCUT2D eigenvalue weighted by Crippen LogP contribution is 2.14. The van der Waals surface area contributed by atoms with Gasteiger partial charge in [-0.25, -0.2) is 4.98 Å². The van der Waals surface area contributed by atoms with E-state index < -0.39 is 0 Å². The fraction of sp³-hybridized carbons (Fsp3) is 0.0714. The molecule has 2 aromatic heterocycles. The molecule has 3 rings (SSSR count). The molecule has 0 aliphatic rings. The van der Waals surface area contributed by atoms with Gasteiger partial charge in [0.15, 0.2) is 0 Å². The van der Waals surface area contributed by atoms with E-state index in [9.17, 15) is 4.79 Å². The molecule has 0 saturated heterocycles. The lowest BCUT2D eigenvalue weighted by Crippen LogP contribution is -2.10. The number of rotatable bonds is 3. The summed E-state index contributed by atoms with van der Waals surface area (Å²) in [6.07, 6.45) is 5.28. The van der Waals surface area contributed by atoms with E-state index in [0.717, 1.165) is 5.69 Å². The summed E-state index contributed by atoms with van der Waals surface area (Å²) >= 11 is 0. The molecule has 6 nitrogen and oxygen atoms in total. The molecular weight excluding hydrogens is 256 g/mol. The SMILES string of the molecule is Cc1cc(C(=O)Nc2ccc(-n3ccnc3)cc2)on1. The zero-order valence-electron chi connectivity index (χ0n) is 10.8. The van der Waals surface area contributed by atoms with Crippen LogP contribution in [0.5, 0.6) is 0 Å². The summed E-state index contributed by atoms with van der Waals surface area (Å²) in [5.41, 5.74) is 2.33. The van der Waals surface area contributed by atoms with Crippen LogP contribution in [0.3, 0.4) is 0 Å². The van der Waals surface area contributed by atoms with Gasteiger partial charge in [-0.15, -0.1) is 0 Å². The van der Waals surface area contributed by atoms with Crippen LogP contribution in [0, 0.1) is 6.92 Å². The first-order valence-electron chi connectivity index (χ1n) is 6.05. The molecule has 1 amide bonds. The Kier molecular flexibility index (Phi) is 3.04. The van der Waals surface area contributed by atoms with E-state index in [2.05, 4.69) is 15.5 Å². The van der Waals surface area contributed by atoms with Gasteiger partial charge in [-0.05, 0) is 31.2 Å². The molecule has 0 unspecified atom stereocenters. The molecular formula is C14H12N4O2. The summed E-state index contributed by atoms with van der Waals surface area (Å²) < 4.78 is 6.79. The second-order valence-corrected chi connectivity index (χ2v) is 4.30. The van der Waals surface area contributed by atoms with Gasteiger partial charge in [-0.3, -0.25) is 4.79 Å². The summed E-state index contributed by atoms with van der Waals surface area (Å²) in [4.78, 5) is 15.9. The number of imidazole rings is 1. The zero-order chi connectivity index (χ0) is 13.9. The van der Waals surface area contributed by atoms with Gasteiger partial charge in [-0.1, -0.05) is 5.16 Å². The van der Waals surface area contributed by atoms with Crippen molar-refractivity contribution in [2.45, 2.75) is 6.92 Å². The first kappa shape index (κ1) is 12.2. The maximum absolute atomic E-state index is 11.9. The topological polar surface area (TPSA) is 73.0 Å². The van der Waals surface area contributed by atoms with Gasteiger partial charge in [-0.2, -0.15) is 0 Å². The molecule has 1 N–H and O–H groups in total. The van der Waals surface area contributed by atoms with Gasteiger partial charge in [0.1, 0.15) is 0 Å². The van der Waals surface area contributed by atoms with Crippen molar-refractivity contribution in [1.29, 1.82) is 0 Å². The van der Waals surface area contributed by atoms with Gasteiger partial charge in [0.25, 0.3) is 5.91 Å². The lowest BCUT2D eigenvalue weighted by Gasteiger charge is -2.05. The molecule has 6 heteroatoms. The first-order chi connectivity index (χ1) is 9.72. The number of amides is 1. The van der Waals surface area contributed by atoms with E-state index >= 15 is 0 Å². The molecule has 0 atom stereocenters. The third kappa shape index (κ3) is 2.44. The number of anilines is 1. The third-order valence-electron chi connectivity index (χ3n) is 2.78. The minimum absolute atomic E-state index is 0.196. The molecule has 0 aliphatic carbocycles. The van der Waals surface area contributed by atoms with Crippen molar-refractivity contribution < 1.29 is 9.32 Å². The average Bonchev–Trinajstić information content (AvgIpc) is 3.10. The Bertz CT molecular complexity index is 714. The molecule has 3 aromatic rings. The Morgan fingerprint density at radius 3 is 2.70 bits per heavy atom. The van der Waals surface area contributed by atoms with Crippen molar-refractivity contribution in [1.82, 2.24) is 14.7 Å². The third-order valence-corrected chi connectivity index (χ3v) is 2.78. The van der Waals surface area contributed by atoms with Crippen LogP contribution in [-0.2, 0) is 0 Å². The van der Waals surface area contributed by atoms with E-state index in [1.54, 1.807) is 25.5 Å². The van der Waals surface area contributed by atoms with E-state index in [-0.39, 0.29) is 11.7 Å². The Balaban J connectivity index is 1.74. The normalized spacial score (nSPS) is 10.4. The van der Waals surface area contributed by atoms with Crippen molar-refractivity contribution in [3.05, 3.63) is 60.5 Å². The molecule has 0 spiro atoms. The molecule has 0 saturated carbocycles. The molecule has 0 bridgehead atoms. The van der Waals surface area contributed by atoms with Crippen LogP contribution < -0.4 is 5.32 Å². The summed E-state index contributed by atoms with van der Waals surface area (Å²) in [5.74, 6) is -0.123. The first-order valence-corrected chi connectivity index (χ1v) is 6.05. The number of benzene rings is 1. The predicted octanol–water partition coefficient (Wildman–Crippen LogP) is 2.42. The van der Waals surface area contributed by atoms with Crippen molar-refractivity contribution in [3.63, 3.8) is 0 Å². The predicted molar refractivity (Wildman–Crippen MR) is 72.8 cm³/mol. The number of carbonyl (C=O) groups excluding carboxylic acids is 1. The molecule has 100 valence electrons. The number of aromatic nitrogens is 3. The van der Waals surface area contributed by atoms with E-state index in [4.69, 9.17) is 4.52 Å². The smallest absolute Gasteiger partial charge is 0.294 e. The highest BCUT2D eigenvalue weighted by molar-refractivity contribution is 6.02. The lowest BCUT2D eigenvalue weighted by atomic mass is 10.2. The quantitative estimate of drug-likeness (QED) is 0.791. The number of nitrogens with zero attached hydrogens (tertiary/aromatic N) is 3. The average molecular weight is 268 g/mol. The number of hydrogen-bond acceptors (Lipinski definition) is 4. The molecule has 1 aromatic carbocycles. The van der Waals surface area contributed by atoms with E-state index in [0.29, 0.717) is 11.4 Å². The zero-order valence-corrected chi connectivity index (χ0v) is 10.8. The van der Waals surface area contributed by atoms with Crippen LogP contribution in [0.4, 0.5) is 5.69 Å². The van der Waals surface area contributed by atoms with Crippen LogP contribution in [0.1, 0.15) is 16.2 Å². The maximum atomic E-state index is 11.9. The Morgan fingerprint density at radius 2 is 2.10 bits per heavy atom. The molecule has 20 heavy (non-hydrogen) atoms. The fourth-order valence-corrected chi connectivity index (χ4v) is 1.79. The highest BCUT2D eigenvalue weighted by Gasteiger charge is 2.11. The van der Waals surface area contributed by atoms with Crippen molar-refractivity contribution in [3.8, 4) is 5.69 Å². The Labute approximate surface area is 115 Å². The monoisotopic (exact) mass is 268 g/mol. The van der Waals surface area contributed by atoms with Gasteiger partial charge in [0.2, 0.25) is 5.76 Å². The van der Waals surface area contributed by atoms with Gasteiger partial charge in [0, 0.05) is 29.8 Å². The Hall–Kier alpha value is -2.89. The van der Waals surface area contributed by atoms with Crippen LogP contribution in [-0.4, -0.2) is 20.6 Å². The van der Waals surface area contributed by atoms with Crippen molar-refractivity contribution >= 4 is 11.6 Å². The summed E-state index contributed by atoms with van der Waals surface area (Å²) in [6, 6.07) is 9.01. The summed E-state index contributed by atoms with van der Waals surface area (Å²) in [7, 11) is 0. The van der Waals surface area contributed by atoms with Crippen LogP contribution in [0.15, 0.2) is 53.6 Å². The molecule has 0 radical (unpaired) electrons. The number of nitrogens with one attached hydrogen (secondary N) is 1. The maximum Gasteiger partial charge on any atom is 0.294 e. The number of hydrogen-bond donors (Lipinski definition) is 1. The van der Waals surface area contributed by atoms with Crippen molar-refractivity contribution in [2.75, 3.05) is 5.32 Å². The largest absolute Gasteiger partial charge is 0.351 e. The van der Waals surface area contributed by atoms with Gasteiger partial charge in [0.05, 0.1) is 12.0 Å². The van der Waals surface area contributed by atoms with Crippen LogP contribution >= 0.6 is 0 Å². The van der Waals surface area contributed by atoms with Gasteiger partial charge >= 0.3 is 0 Å². The van der Waals surface area contributed by atoms with Crippen molar-refractivity contribution in [2.24, 2.45) is 0 Å². The number of aryl methyl sites for hydroxylation is 1. The fourth-order valence-electron chi connectivity index (χ4n) is 1.79. The molecule has 2 heterocycles. The van der Waals surface area contributed by atoms with Crippen LogP contribution in [0.2, 0.25) is 0 Å². The van der Waals surface area contributed by atoms with E-state index in [1.165, 1.54) is 0 Å². The number of carbonyl (C=O) groups is 1. The van der Waals surface area contributed by atoms with E-state index in [1.807, 2.05) is 35.0 Å². The molecule has 0 aliphatic heterocycles.